The Labute approximate surface area is 250 Å². The van der Waals surface area contributed by atoms with Gasteiger partial charge in [-0.25, -0.2) is 13.2 Å². The molecular weight excluding hydrogens is 649 g/mol. The summed E-state index contributed by atoms with van der Waals surface area (Å²) in [7, 11) is -0.692. The second kappa shape index (κ2) is 15.3. The Morgan fingerprint density at radius 1 is 1.05 bits per heavy atom. The Morgan fingerprint density at radius 2 is 1.68 bits per heavy atom. The Bertz CT molecular complexity index is 1270. The first-order valence-electron chi connectivity index (χ1n) is 12.8. The standard InChI is InChI=1S/C29H38INO8S/c1-7-38-27(32)14-13-22(16-18-40(34,35)23-11-9-8-10-12-23)31(28(33)39-29(2,3)4)17-15-21-19-25(36-5)26(37-6)20-24(21)30/h8-12,16,18-20,22H,7,13-15,17H2,1-6H3/b18-16+. The summed E-state index contributed by atoms with van der Waals surface area (Å²) in [4.78, 5) is 27.2. The van der Waals surface area contributed by atoms with E-state index in [2.05, 4.69) is 22.6 Å². The molecule has 0 radical (unpaired) electrons. The molecule has 0 aromatic heterocycles. The Hall–Kier alpha value is -2.80. The van der Waals surface area contributed by atoms with Gasteiger partial charge in [0.25, 0.3) is 0 Å². The van der Waals surface area contributed by atoms with E-state index in [0.717, 1.165) is 14.5 Å². The molecule has 11 heteroatoms. The average molecular weight is 688 g/mol. The smallest absolute Gasteiger partial charge is 0.410 e. The van der Waals surface area contributed by atoms with E-state index in [1.165, 1.54) is 23.1 Å². The number of hydrogen-bond acceptors (Lipinski definition) is 8. The number of hydrogen-bond donors (Lipinski definition) is 0. The molecule has 0 saturated heterocycles. The normalized spacial score (nSPS) is 12.6. The van der Waals surface area contributed by atoms with Crippen molar-refractivity contribution < 1.29 is 37.0 Å². The minimum atomic E-state index is -3.80. The number of rotatable bonds is 13. The SMILES string of the molecule is CCOC(=O)CCC(/C=C/S(=O)(=O)c1ccccc1)N(CCc1cc(OC)c(OC)cc1I)C(=O)OC(C)(C)C. The zero-order valence-electron chi connectivity index (χ0n) is 23.8. The molecule has 0 N–H and O–H groups in total. The van der Waals surface area contributed by atoms with Crippen molar-refractivity contribution in [1.29, 1.82) is 0 Å². The monoisotopic (exact) mass is 687 g/mol. The number of methoxy groups -OCH3 is 2. The first-order valence-corrected chi connectivity index (χ1v) is 15.5. The molecule has 2 rings (SSSR count). The lowest BCUT2D eigenvalue weighted by Gasteiger charge is -2.32. The van der Waals surface area contributed by atoms with Crippen molar-refractivity contribution in [2.75, 3.05) is 27.4 Å². The van der Waals surface area contributed by atoms with E-state index in [1.54, 1.807) is 60.1 Å². The number of nitrogens with zero attached hydrogens (tertiary/aromatic N) is 1. The number of benzene rings is 2. The van der Waals surface area contributed by atoms with Crippen LogP contribution in [-0.4, -0.2) is 64.4 Å². The number of carbonyl (C=O) groups is 2. The van der Waals surface area contributed by atoms with Crippen LogP contribution in [0, 0.1) is 3.57 Å². The number of amides is 1. The molecule has 0 aliphatic heterocycles. The summed E-state index contributed by atoms with van der Waals surface area (Å²) < 4.78 is 48.5. The Kier molecular flexibility index (Phi) is 12.8. The van der Waals surface area contributed by atoms with Crippen LogP contribution in [0.1, 0.15) is 46.1 Å². The van der Waals surface area contributed by atoms with Gasteiger partial charge in [0.2, 0.25) is 0 Å². The highest BCUT2D eigenvalue weighted by Crippen LogP contribution is 2.32. The lowest BCUT2D eigenvalue weighted by atomic mass is 10.1. The van der Waals surface area contributed by atoms with Gasteiger partial charge in [-0.05, 0) is 93.0 Å². The van der Waals surface area contributed by atoms with Crippen LogP contribution in [0.5, 0.6) is 11.5 Å². The zero-order valence-corrected chi connectivity index (χ0v) is 26.8. The maximum Gasteiger partial charge on any atom is 0.410 e. The van der Waals surface area contributed by atoms with Gasteiger partial charge in [-0.2, -0.15) is 0 Å². The molecular formula is C29H38INO8S. The van der Waals surface area contributed by atoms with E-state index in [-0.39, 0.29) is 30.9 Å². The number of sulfone groups is 1. The number of halogens is 1. The predicted octanol–water partition coefficient (Wildman–Crippen LogP) is 5.79. The molecule has 0 heterocycles. The summed E-state index contributed by atoms with van der Waals surface area (Å²) in [6, 6.07) is 10.9. The van der Waals surface area contributed by atoms with Crippen molar-refractivity contribution in [3.05, 3.63) is 63.1 Å². The van der Waals surface area contributed by atoms with E-state index < -0.39 is 33.5 Å². The van der Waals surface area contributed by atoms with Crippen LogP contribution < -0.4 is 9.47 Å². The minimum absolute atomic E-state index is 0.0125. The molecule has 1 unspecified atom stereocenters. The van der Waals surface area contributed by atoms with E-state index in [9.17, 15) is 18.0 Å². The highest BCUT2D eigenvalue weighted by atomic mass is 127. The fraction of sp³-hybridized carbons (Fsp3) is 0.448. The molecule has 220 valence electrons. The molecule has 0 spiro atoms. The van der Waals surface area contributed by atoms with Crippen LogP contribution in [0.3, 0.4) is 0 Å². The van der Waals surface area contributed by atoms with Gasteiger partial charge < -0.3 is 23.8 Å². The van der Waals surface area contributed by atoms with Crippen LogP contribution in [0.25, 0.3) is 0 Å². The highest BCUT2D eigenvalue weighted by molar-refractivity contribution is 14.1. The molecule has 0 saturated carbocycles. The molecule has 0 aliphatic rings. The van der Waals surface area contributed by atoms with Crippen LogP contribution in [0.15, 0.2) is 58.8 Å². The van der Waals surface area contributed by atoms with Gasteiger partial charge in [0, 0.05) is 21.9 Å². The van der Waals surface area contributed by atoms with E-state index in [1.807, 2.05) is 12.1 Å². The maximum absolute atomic E-state index is 13.5. The van der Waals surface area contributed by atoms with E-state index in [4.69, 9.17) is 18.9 Å². The fourth-order valence-corrected chi connectivity index (χ4v) is 5.57. The second-order valence-corrected chi connectivity index (χ2v) is 12.8. The van der Waals surface area contributed by atoms with Gasteiger partial charge in [-0.3, -0.25) is 4.79 Å². The van der Waals surface area contributed by atoms with E-state index in [0.29, 0.717) is 17.9 Å². The fourth-order valence-electron chi connectivity index (χ4n) is 3.78. The molecule has 1 atom stereocenters. The summed E-state index contributed by atoms with van der Waals surface area (Å²) in [5.41, 5.74) is 0.107. The minimum Gasteiger partial charge on any atom is -0.493 e. The van der Waals surface area contributed by atoms with Crippen LogP contribution >= 0.6 is 22.6 Å². The molecule has 40 heavy (non-hydrogen) atoms. The topological polar surface area (TPSA) is 108 Å². The van der Waals surface area contributed by atoms with Crippen LogP contribution in [0.2, 0.25) is 0 Å². The second-order valence-electron chi connectivity index (χ2n) is 9.82. The third kappa shape index (κ3) is 10.3. The van der Waals surface area contributed by atoms with Crippen molar-refractivity contribution in [3.63, 3.8) is 0 Å². The van der Waals surface area contributed by atoms with Gasteiger partial charge >= 0.3 is 12.1 Å². The summed E-state index contributed by atoms with van der Waals surface area (Å²) >= 11 is 2.19. The molecule has 9 nitrogen and oxygen atoms in total. The molecule has 1 amide bonds. The van der Waals surface area contributed by atoms with Crippen molar-refractivity contribution in [2.45, 2.75) is 63.5 Å². The maximum atomic E-state index is 13.5. The largest absolute Gasteiger partial charge is 0.493 e. The van der Waals surface area contributed by atoms with Gasteiger partial charge in [-0.15, -0.1) is 0 Å². The molecule has 0 fully saturated rings. The average Bonchev–Trinajstić information content (AvgIpc) is 2.89. The summed E-state index contributed by atoms with van der Waals surface area (Å²) in [6.07, 6.45) is 1.35. The van der Waals surface area contributed by atoms with Gasteiger partial charge in [0.05, 0.1) is 31.8 Å². The summed E-state index contributed by atoms with van der Waals surface area (Å²) in [6.45, 7) is 7.37. The lowest BCUT2D eigenvalue weighted by Crippen LogP contribution is -2.44. The summed E-state index contributed by atoms with van der Waals surface area (Å²) in [5, 5.41) is 1.08. The third-order valence-electron chi connectivity index (χ3n) is 5.70. The van der Waals surface area contributed by atoms with Crippen molar-refractivity contribution in [3.8, 4) is 11.5 Å². The predicted molar refractivity (Wildman–Crippen MR) is 161 cm³/mol. The van der Waals surface area contributed by atoms with Crippen LogP contribution in [-0.2, 0) is 30.5 Å². The van der Waals surface area contributed by atoms with Crippen molar-refractivity contribution >= 4 is 44.5 Å². The van der Waals surface area contributed by atoms with Crippen molar-refractivity contribution in [2.24, 2.45) is 0 Å². The third-order valence-corrected chi connectivity index (χ3v) is 8.15. The number of ether oxygens (including phenoxy) is 4. The molecule has 2 aromatic carbocycles. The van der Waals surface area contributed by atoms with Crippen LogP contribution in [0.4, 0.5) is 4.79 Å². The molecule has 2 aromatic rings. The number of esters is 1. The van der Waals surface area contributed by atoms with E-state index >= 15 is 0 Å². The summed E-state index contributed by atoms with van der Waals surface area (Å²) in [5.74, 6) is 0.695. The van der Waals surface area contributed by atoms with Crippen molar-refractivity contribution in [1.82, 2.24) is 4.90 Å². The quantitative estimate of drug-likeness (QED) is 0.193. The first kappa shape index (κ1) is 33.4. The number of carbonyl (C=O) groups excluding carboxylic acids is 2. The van der Waals surface area contributed by atoms with Gasteiger partial charge in [0.1, 0.15) is 5.60 Å². The lowest BCUT2D eigenvalue weighted by molar-refractivity contribution is -0.143. The Morgan fingerprint density at radius 3 is 2.25 bits per heavy atom. The Balaban J connectivity index is 2.47. The zero-order chi connectivity index (χ0) is 29.9. The molecule has 0 aliphatic carbocycles. The molecule has 0 bridgehead atoms. The first-order chi connectivity index (χ1) is 18.8. The van der Waals surface area contributed by atoms with Gasteiger partial charge in [0.15, 0.2) is 21.3 Å². The highest BCUT2D eigenvalue weighted by Gasteiger charge is 2.28. The van der Waals surface area contributed by atoms with Gasteiger partial charge in [-0.1, -0.05) is 24.3 Å².